The molecule has 0 amide bonds. The molecule has 3 N–H and O–H groups in total. The number of nitrogens with two attached hydrogens (primary N) is 1. The Morgan fingerprint density at radius 3 is 2.55 bits per heavy atom. The number of anilines is 3. The van der Waals surface area contributed by atoms with Crippen molar-refractivity contribution >= 4 is 28.1 Å². The van der Waals surface area contributed by atoms with Crippen LogP contribution in [0.4, 0.5) is 30.4 Å². The van der Waals surface area contributed by atoms with Crippen LogP contribution in [-0.4, -0.2) is 9.97 Å². The minimum absolute atomic E-state index is 0.0130. The third-order valence-corrected chi connectivity index (χ3v) is 3.15. The fourth-order valence-corrected chi connectivity index (χ4v) is 2.08. The third-order valence-electron chi connectivity index (χ3n) is 3.15. The van der Waals surface area contributed by atoms with Crippen molar-refractivity contribution < 1.29 is 13.2 Å². The molecule has 2 aromatic heterocycles. The van der Waals surface area contributed by atoms with E-state index in [1.807, 2.05) is 12.1 Å². The first kappa shape index (κ1) is 14.1. The van der Waals surface area contributed by atoms with Gasteiger partial charge in [-0.05, 0) is 18.2 Å². The summed E-state index contributed by atoms with van der Waals surface area (Å²) in [5.41, 5.74) is 6.09. The van der Waals surface area contributed by atoms with Crippen LogP contribution in [0.3, 0.4) is 0 Å². The second-order valence-corrected chi connectivity index (χ2v) is 4.66. The maximum atomic E-state index is 12.8. The van der Waals surface area contributed by atoms with Gasteiger partial charge in [-0.3, -0.25) is 4.98 Å². The maximum Gasteiger partial charge on any atom is 0.417 e. The van der Waals surface area contributed by atoms with Gasteiger partial charge in [-0.1, -0.05) is 18.2 Å². The van der Waals surface area contributed by atoms with Gasteiger partial charge in [0.25, 0.3) is 0 Å². The number of nitrogens with one attached hydrogen (secondary N) is 1. The van der Waals surface area contributed by atoms with Crippen LogP contribution in [0.25, 0.3) is 10.9 Å². The highest BCUT2D eigenvalue weighted by Gasteiger charge is 2.31. The van der Waals surface area contributed by atoms with Crippen LogP contribution in [0, 0.1) is 0 Å². The van der Waals surface area contributed by atoms with Gasteiger partial charge in [-0.25, -0.2) is 4.98 Å². The SMILES string of the molecule is Nc1ncc(C(F)(F)F)cc1Nc1cccc2cccnc12. The van der Waals surface area contributed by atoms with E-state index in [4.69, 9.17) is 5.73 Å². The van der Waals surface area contributed by atoms with Crippen LogP contribution in [0.1, 0.15) is 5.56 Å². The lowest BCUT2D eigenvalue weighted by molar-refractivity contribution is -0.137. The van der Waals surface area contributed by atoms with Gasteiger partial charge in [-0.2, -0.15) is 13.2 Å². The summed E-state index contributed by atoms with van der Waals surface area (Å²) < 4.78 is 38.3. The second kappa shape index (κ2) is 5.18. The molecule has 0 unspecified atom stereocenters. The average molecular weight is 304 g/mol. The zero-order valence-corrected chi connectivity index (χ0v) is 11.2. The number of hydrogen-bond donors (Lipinski definition) is 2. The summed E-state index contributed by atoms with van der Waals surface area (Å²) in [6, 6.07) is 9.94. The number of para-hydroxylation sites is 1. The van der Waals surface area contributed by atoms with Gasteiger partial charge in [-0.15, -0.1) is 0 Å². The molecule has 0 saturated heterocycles. The van der Waals surface area contributed by atoms with Gasteiger partial charge in [0.05, 0.1) is 22.5 Å². The lowest BCUT2D eigenvalue weighted by atomic mass is 10.2. The molecule has 7 heteroatoms. The second-order valence-electron chi connectivity index (χ2n) is 4.66. The molecule has 0 aliphatic carbocycles. The Kier molecular flexibility index (Phi) is 3.32. The summed E-state index contributed by atoms with van der Waals surface area (Å²) in [6.45, 7) is 0. The minimum atomic E-state index is -4.48. The first-order chi connectivity index (χ1) is 10.4. The van der Waals surface area contributed by atoms with Gasteiger partial charge >= 0.3 is 6.18 Å². The Morgan fingerprint density at radius 1 is 1.00 bits per heavy atom. The lowest BCUT2D eigenvalue weighted by Crippen LogP contribution is -2.08. The fraction of sp³-hybridized carbons (Fsp3) is 0.0667. The number of halogens is 3. The van der Waals surface area contributed by atoms with Gasteiger partial charge < -0.3 is 11.1 Å². The Labute approximate surface area is 123 Å². The molecule has 0 radical (unpaired) electrons. The number of aromatic nitrogens is 2. The van der Waals surface area contributed by atoms with Crippen LogP contribution >= 0.6 is 0 Å². The number of rotatable bonds is 2. The fourth-order valence-electron chi connectivity index (χ4n) is 2.08. The Balaban J connectivity index is 2.05. The molecular weight excluding hydrogens is 293 g/mol. The molecular formula is C15H11F3N4. The molecule has 0 bridgehead atoms. The zero-order chi connectivity index (χ0) is 15.7. The van der Waals surface area contributed by atoms with Crippen molar-refractivity contribution in [2.24, 2.45) is 0 Å². The molecule has 0 aliphatic rings. The monoisotopic (exact) mass is 304 g/mol. The van der Waals surface area contributed by atoms with Crippen LogP contribution in [0.2, 0.25) is 0 Å². The van der Waals surface area contributed by atoms with E-state index >= 15 is 0 Å². The molecule has 22 heavy (non-hydrogen) atoms. The van der Waals surface area contributed by atoms with Gasteiger partial charge in [0.2, 0.25) is 0 Å². The van der Waals surface area contributed by atoms with Crippen molar-refractivity contribution in [1.29, 1.82) is 0 Å². The van der Waals surface area contributed by atoms with Crippen molar-refractivity contribution in [2.75, 3.05) is 11.1 Å². The zero-order valence-electron chi connectivity index (χ0n) is 11.2. The summed E-state index contributed by atoms with van der Waals surface area (Å²) >= 11 is 0. The predicted molar refractivity (Wildman–Crippen MR) is 78.7 cm³/mol. The number of benzene rings is 1. The molecule has 112 valence electrons. The summed E-state index contributed by atoms with van der Waals surface area (Å²) in [4.78, 5) is 7.83. The van der Waals surface area contributed by atoms with Gasteiger partial charge in [0.15, 0.2) is 0 Å². The van der Waals surface area contributed by atoms with Crippen LogP contribution < -0.4 is 11.1 Å². The lowest BCUT2D eigenvalue weighted by Gasteiger charge is -2.13. The summed E-state index contributed by atoms with van der Waals surface area (Å²) in [5.74, 6) is -0.0130. The van der Waals surface area contributed by atoms with Crippen LogP contribution in [0.5, 0.6) is 0 Å². The molecule has 0 fully saturated rings. The van der Waals surface area contributed by atoms with E-state index in [0.29, 0.717) is 17.4 Å². The molecule has 0 aliphatic heterocycles. The number of nitrogen functional groups attached to an aromatic ring is 1. The predicted octanol–water partition coefficient (Wildman–Crippen LogP) is 3.97. The Bertz CT molecular complexity index is 825. The Morgan fingerprint density at radius 2 is 1.77 bits per heavy atom. The first-order valence-electron chi connectivity index (χ1n) is 6.38. The van der Waals surface area contributed by atoms with Crippen molar-refractivity contribution in [3.05, 3.63) is 54.4 Å². The van der Waals surface area contributed by atoms with E-state index in [9.17, 15) is 13.2 Å². The summed E-state index contributed by atoms with van der Waals surface area (Å²) in [6.07, 6.45) is -2.16. The molecule has 2 heterocycles. The summed E-state index contributed by atoms with van der Waals surface area (Å²) in [5, 5.41) is 3.74. The molecule has 0 spiro atoms. The van der Waals surface area contributed by atoms with Gasteiger partial charge in [0.1, 0.15) is 5.82 Å². The highest BCUT2D eigenvalue weighted by Crippen LogP contribution is 2.33. The molecule has 4 nitrogen and oxygen atoms in total. The molecule has 0 saturated carbocycles. The van der Waals surface area contributed by atoms with E-state index in [1.54, 1.807) is 24.4 Å². The molecule has 3 rings (SSSR count). The van der Waals surface area contributed by atoms with E-state index in [2.05, 4.69) is 15.3 Å². The van der Waals surface area contributed by atoms with Crippen molar-refractivity contribution in [3.8, 4) is 0 Å². The first-order valence-corrected chi connectivity index (χ1v) is 6.38. The average Bonchev–Trinajstić information content (AvgIpc) is 2.49. The molecule has 1 aromatic carbocycles. The number of hydrogen-bond acceptors (Lipinski definition) is 4. The maximum absolute atomic E-state index is 12.8. The number of nitrogens with zero attached hydrogens (tertiary/aromatic N) is 2. The normalized spacial score (nSPS) is 11.6. The van der Waals surface area contributed by atoms with Gasteiger partial charge in [0, 0.05) is 17.8 Å². The largest absolute Gasteiger partial charge is 0.417 e. The molecule has 3 aromatic rings. The highest BCUT2D eigenvalue weighted by atomic mass is 19.4. The van der Waals surface area contributed by atoms with Crippen LogP contribution in [0.15, 0.2) is 48.8 Å². The topological polar surface area (TPSA) is 63.8 Å². The standard InChI is InChI=1S/C15H11F3N4/c16-15(17,18)10-7-12(14(19)21-8-10)22-11-5-1-3-9-4-2-6-20-13(9)11/h1-8,22H,(H2,19,21). The van der Waals surface area contributed by atoms with Crippen LogP contribution in [-0.2, 0) is 6.18 Å². The number of fused-ring (bicyclic) bond motifs is 1. The smallest absolute Gasteiger partial charge is 0.382 e. The summed E-state index contributed by atoms with van der Waals surface area (Å²) in [7, 11) is 0. The van der Waals surface area contributed by atoms with E-state index in [1.165, 1.54) is 0 Å². The quantitative estimate of drug-likeness (QED) is 0.752. The molecule has 0 atom stereocenters. The minimum Gasteiger partial charge on any atom is -0.382 e. The van der Waals surface area contributed by atoms with Crippen molar-refractivity contribution in [1.82, 2.24) is 9.97 Å². The van der Waals surface area contributed by atoms with Crippen molar-refractivity contribution in [2.45, 2.75) is 6.18 Å². The Hall–Kier alpha value is -2.83. The third kappa shape index (κ3) is 2.65. The number of pyridine rings is 2. The van der Waals surface area contributed by atoms with Crippen molar-refractivity contribution in [3.63, 3.8) is 0 Å². The highest BCUT2D eigenvalue weighted by molar-refractivity contribution is 5.92. The van der Waals surface area contributed by atoms with E-state index in [0.717, 1.165) is 11.5 Å². The van der Waals surface area contributed by atoms with E-state index in [-0.39, 0.29) is 11.5 Å². The van der Waals surface area contributed by atoms with E-state index < -0.39 is 11.7 Å². The number of alkyl halides is 3.